The Morgan fingerprint density at radius 3 is 0.600 bits per heavy atom. The molecule has 0 bridgehead atoms. The quantitative estimate of drug-likeness (QED) is 0.733. The summed E-state index contributed by atoms with van der Waals surface area (Å²) in [4.78, 5) is 0. The van der Waals surface area contributed by atoms with E-state index in [0.717, 1.165) is 14.2 Å². The van der Waals surface area contributed by atoms with Crippen LogP contribution in [0.5, 0.6) is 0 Å². The van der Waals surface area contributed by atoms with Crippen LogP contribution in [0.3, 0.4) is 0 Å². The SMILES string of the molecule is C.C.C.C.CO.CO.COCCOC.COCCOC. The molecule has 0 rings (SSSR count). The van der Waals surface area contributed by atoms with Crippen LogP contribution in [0.25, 0.3) is 0 Å². The Hall–Kier alpha value is -0.240. The minimum atomic E-state index is 0. The summed E-state index contributed by atoms with van der Waals surface area (Å²) in [6.45, 7) is 2.76. The van der Waals surface area contributed by atoms with Crippen molar-refractivity contribution >= 4 is 0 Å². The summed E-state index contributed by atoms with van der Waals surface area (Å²) in [6.07, 6.45) is 0. The molecule has 0 heterocycles. The van der Waals surface area contributed by atoms with Gasteiger partial charge < -0.3 is 29.2 Å². The van der Waals surface area contributed by atoms with Crippen LogP contribution in [0, 0.1) is 0 Å². The second-order valence-corrected chi connectivity index (χ2v) is 1.97. The molecule has 0 aromatic rings. The van der Waals surface area contributed by atoms with Crippen LogP contribution in [0.2, 0.25) is 0 Å². The molecule has 0 aliphatic carbocycles. The molecule has 20 heavy (non-hydrogen) atoms. The van der Waals surface area contributed by atoms with E-state index >= 15 is 0 Å². The first-order chi connectivity index (χ1) is 7.83. The maximum Gasteiger partial charge on any atom is 0.0696 e. The third kappa shape index (κ3) is 150. The van der Waals surface area contributed by atoms with Crippen molar-refractivity contribution in [2.75, 3.05) is 69.1 Å². The molecule has 0 aromatic carbocycles. The predicted molar refractivity (Wildman–Crippen MR) is 90.7 cm³/mol. The molecule has 136 valence electrons. The number of hydrogen-bond donors (Lipinski definition) is 2. The molecule has 0 radical (unpaired) electrons. The molecule has 0 aliphatic heterocycles. The second kappa shape index (κ2) is 98.3. The molecule has 0 fully saturated rings. The molecule has 0 atom stereocenters. The predicted octanol–water partition coefficient (Wildman–Crippen LogP) is 2.32. The normalized spacial score (nSPS) is 6.00. The fraction of sp³-hybridized carbons (Fsp3) is 1.00. The van der Waals surface area contributed by atoms with Crippen molar-refractivity contribution < 1.29 is 29.2 Å². The van der Waals surface area contributed by atoms with Crippen molar-refractivity contribution in [3.8, 4) is 0 Å². The van der Waals surface area contributed by atoms with Gasteiger partial charge in [0.1, 0.15) is 0 Å². The van der Waals surface area contributed by atoms with Crippen LogP contribution in [0.15, 0.2) is 0 Å². The van der Waals surface area contributed by atoms with Crippen LogP contribution in [0.4, 0.5) is 0 Å². The maximum absolute atomic E-state index is 7.00. The molecule has 0 aliphatic rings. The van der Waals surface area contributed by atoms with E-state index in [1.165, 1.54) is 0 Å². The van der Waals surface area contributed by atoms with Crippen molar-refractivity contribution in [3.05, 3.63) is 0 Å². The van der Waals surface area contributed by atoms with Gasteiger partial charge in [0, 0.05) is 42.7 Å². The average Bonchev–Trinajstić information content (AvgIpc) is 2.39. The second-order valence-electron chi connectivity index (χ2n) is 1.97. The van der Waals surface area contributed by atoms with Gasteiger partial charge in [-0.05, 0) is 0 Å². The Morgan fingerprint density at radius 2 is 0.550 bits per heavy atom. The molecule has 0 unspecified atom stereocenters. The maximum atomic E-state index is 7.00. The van der Waals surface area contributed by atoms with E-state index in [-0.39, 0.29) is 29.7 Å². The zero-order valence-electron chi connectivity index (χ0n) is 11.4. The third-order valence-corrected chi connectivity index (χ3v) is 0.983. The molecule has 0 aromatic heterocycles. The van der Waals surface area contributed by atoms with Gasteiger partial charge in [-0.15, -0.1) is 0 Å². The number of aliphatic hydroxyl groups is 2. The van der Waals surface area contributed by atoms with E-state index in [9.17, 15) is 0 Å². The van der Waals surface area contributed by atoms with Gasteiger partial charge in [0.15, 0.2) is 0 Å². The lowest BCUT2D eigenvalue weighted by molar-refractivity contribution is 0.103. The van der Waals surface area contributed by atoms with Crippen molar-refractivity contribution in [1.82, 2.24) is 0 Å². The molecule has 0 amide bonds. The zero-order valence-corrected chi connectivity index (χ0v) is 11.4. The van der Waals surface area contributed by atoms with E-state index in [1.807, 2.05) is 0 Å². The molecular weight excluding hydrogens is 264 g/mol. The van der Waals surface area contributed by atoms with E-state index in [1.54, 1.807) is 28.4 Å². The van der Waals surface area contributed by atoms with Gasteiger partial charge in [0.2, 0.25) is 0 Å². The number of methoxy groups -OCH3 is 4. The van der Waals surface area contributed by atoms with Gasteiger partial charge in [-0.1, -0.05) is 29.7 Å². The van der Waals surface area contributed by atoms with Gasteiger partial charge in [-0.25, -0.2) is 0 Å². The molecule has 0 saturated carbocycles. The van der Waals surface area contributed by atoms with Crippen LogP contribution < -0.4 is 0 Å². The number of aliphatic hydroxyl groups excluding tert-OH is 2. The highest BCUT2D eigenvalue weighted by molar-refractivity contribution is 4.18. The van der Waals surface area contributed by atoms with E-state index < -0.39 is 0 Å². The highest BCUT2D eigenvalue weighted by Crippen LogP contribution is 1.66. The summed E-state index contributed by atoms with van der Waals surface area (Å²) >= 11 is 0. The van der Waals surface area contributed by atoms with Gasteiger partial charge >= 0.3 is 0 Å². The molecular formula is C14H44O6. The van der Waals surface area contributed by atoms with Crippen LogP contribution in [-0.2, 0) is 18.9 Å². The van der Waals surface area contributed by atoms with Gasteiger partial charge in [-0.3, -0.25) is 0 Å². The monoisotopic (exact) mass is 308 g/mol. The third-order valence-electron chi connectivity index (χ3n) is 0.983. The molecule has 6 heteroatoms. The number of hydrogen-bond acceptors (Lipinski definition) is 6. The first-order valence-electron chi connectivity index (χ1n) is 4.68. The van der Waals surface area contributed by atoms with Crippen molar-refractivity contribution in [1.29, 1.82) is 0 Å². The molecule has 0 saturated heterocycles. The van der Waals surface area contributed by atoms with Crippen LogP contribution >= 0.6 is 0 Å². The lowest BCUT2D eigenvalue weighted by Gasteiger charge is -1.91. The summed E-state index contributed by atoms with van der Waals surface area (Å²) in [5, 5.41) is 14.0. The Balaban J connectivity index is -0.0000000165. The smallest absolute Gasteiger partial charge is 0.0696 e. The van der Waals surface area contributed by atoms with E-state index in [2.05, 4.69) is 18.9 Å². The minimum Gasteiger partial charge on any atom is -0.400 e. The Bertz CT molecular complexity index is 49.6. The van der Waals surface area contributed by atoms with Gasteiger partial charge in [0.25, 0.3) is 0 Å². The number of ether oxygens (including phenoxy) is 4. The van der Waals surface area contributed by atoms with Crippen LogP contribution in [-0.4, -0.2) is 79.3 Å². The topological polar surface area (TPSA) is 77.4 Å². The molecule has 0 spiro atoms. The highest BCUT2D eigenvalue weighted by Gasteiger charge is 1.74. The Morgan fingerprint density at radius 1 is 0.450 bits per heavy atom. The average molecular weight is 309 g/mol. The lowest BCUT2D eigenvalue weighted by atomic mass is 10.8. The fourth-order valence-electron chi connectivity index (χ4n) is 0.333. The first kappa shape index (κ1) is 50.3. The van der Waals surface area contributed by atoms with Crippen molar-refractivity contribution in [2.45, 2.75) is 29.7 Å². The zero-order chi connectivity index (χ0) is 13.7. The van der Waals surface area contributed by atoms with Crippen LogP contribution in [0.1, 0.15) is 29.7 Å². The lowest BCUT2D eigenvalue weighted by Crippen LogP contribution is -1.96. The summed E-state index contributed by atoms with van der Waals surface area (Å²) < 4.78 is 18.6. The van der Waals surface area contributed by atoms with Gasteiger partial charge in [-0.2, -0.15) is 0 Å². The van der Waals surface area contributed by atoms with E-state index in [4.69, 9.17) is 10.2 Å². The summed E-state index contributed by atoms with van der Waals surface area (Å²) in [5.41, 5.74) is 0. The Kier molecular flexibility index (Phi) is 247. The summed E-state index contributed by atoms with van der Waals surface area (Å²) in [5.74, 6) is 0. The largest absolute Gasteiger partial charge is 0.400 e. The van der Waals surface area contributed by atoms with E-state index in [0.29, 0.717) is 26.4 Å². The van der Waals surface area contributed by atoms with Crippen molar-refractivity contribution in [3.63, 3.8) is 0 Å². The summed E-state index contributed by atoms with van der Waals surface area (Å²) in [6, 6.07) is 0. The minimum absolute atomic E-state index is 0. The fourth-order valence-corrected chi connectivity index (χ4v) is 0.333. The Labute approximate surface area is 129 Å². The summed E-state index contributed by atoms with van der Waals surface area (Å²) in [7, 11) is 8.61. The molecule has 6 nitrogen and oxygen atoms in total. The van der Waals surface area contributed by atoms with Crippen molar-refractivity contribution in [2.24, 2.45) is 0 Å². The first-order valence-corrected chi connectivity index (χ1v) is 4.68. The van der Waals surface area contributed by atoms with Gasteiger partial charge in [0.05, 0.1) is 26.4 Å². The highest BCUT2D eigenvalue weighted by atomic mass is 16.5. The molecule has 2 N–H and O–H groups in total. The standard InChI is InChI=1S/2C4H10O2.2CH4O.4CH4/c2*1-5-3-4-6-2;2*1-2;;;;/h2*3-4H2,1-2H3;2*2H,1H3;4*1H4. The number of rotatable bonds is 6.